The predicted molar refractivity (Wildman–Crippen MR) is 91.4 cm³/mol. The topological polar surface area (TPSA) is 78.9 Å². The highest BCUT2D eigenvalue weighted by Crippen LogP contribution is 2.27. The molecular weight excluding hydrogens is 334 g/mol. The molecule has 2 aromatic rings. The highest BCUT2D eigenvalue weighted by Gasteiger charge is 2.34. The summed E-state index contributed by atoms with van der Waals surface area (Å²) in [4.78, 5) is 12.6. The number of halogens is 1. The Morgan fingerprint density at radius 3 is 2.91 bits per heavy atom. The van der Waals surface area contributed by atoms with Crippen LogP contribution < -0.4 is 16.2 Å². The average molecular weight is 352 g/mol. The number of carbonyl (C=O) groups excluding carboxylic acids is 1. The molecule has 3 N–H and O–H groups in total. The highest BCUT2D eigenvalue weighted by molar-refractivity contribution is 7.15. The van der Waals surface area contributed by atoms with Gasteiger partial charge in [-0.25, -0.2) is 5.43 Å². The average Bonchev–Trinajstić information content (AvgIpc) is 3.18. The smallest absolute Gasteiger partial charge is 0.232 e. The molecule has 0 radical (unpaired) electrons. The van der Waals surface area contributed by atoms with Crippen LogP contribution in [-0.4, -0.2) is 22.6 Å². The summed E-state index contributed by atoms with van der Waals surface area (Å²) >= 11 is 7.35. The Balaban J connectivity index is 1.68. The molecule has 1 saturated heterocycles. The lowest BCUT2D eigenvalue weighted by atomic mass is 9.94. The number of aryl methyl sites for hydroxylation is 1. The van der Waals surface area contributed by atoms with E-state index in [4.69, 9.17) is 11.6 Å². The highest BCUT2D eigenvalue weighted by atomic mass is 35.5. The monoisotopic (exact) mass is 351 g/mol. The summed E-state index contributed by atoms with van der Waals surface area (Å²) in [5, 5.41) is 13.2. The lowest BCUT2D eigenvalue weighted by Crippen LogP contribution is -2.29. The molecule has 0 saturated carbocycles. The summed E-state index contributed by atoms with van der Waals surface area (Å²) in [5.41, 5.74) is 7.22. The number of rotatable bonds is 5. The van der Waals surface area contributed by atoms with Gasteiger partial charge in [-0.2, -0.15) is 0 Å². The molecular formula is C15H18ClN5OS. The molecule has 2 heterocycles. The van der Waals surface area contributed by atoms with Crippen molar-refractivity contribution >= 4 is 34.0 Å². The quantitative estimate of drug-likeness (QED) is 0.771. The van der Waals surface area contributed by atoms with Crippen LogP contribution in [0, 0.1) is 5.92 Å². The molecule has 1 aromatic heterocycles. The van der Waals surface area contributed by atoms with Crippen LogP contribution in [-0.2, 0) is 11.2 Å². The summed E-state index contributed by atoms with van der Waals surface area (Å²) in [5.74, 6) is -0.295. The van der Waals surface area contributed by atoms with Crippen molar-refractivity contribution in [3.8, 4) is 0 Å². The Morgan fingerprint density at radius 2 is 2.17 bits per heavy atom. The second-order valence-corrected chi connectivity index (χ2v) is 6.90. The SMILES string of the molecule is CCCc1nnc(NC(=O)C2CNNC2c2ccc(Cl)cc2)s1. The molecule has 1 aromatic carbocycles. The number of nitrogens with zero attached hydrogens (tertiary/aromatic N) is 2. The Bertz CT molecular complexity index is 675. The number of nitrogens with one attached hydrogen (secondary N) is 3. The van der Waals surface area contributed by atoms with Gasteiger partial charge in [0, 0.05) is 18.0 Å². The van der Waals surface area contributed by atoms with E-state index < -0.39 is 0 Å². The maximum atomic E-state index is 12.6. The molecule has 122 valence electrons. The zero-order valence-corrected chi connectivity index (χ0v) is 14.2. The number of benzene rings is 1. The van der Waals surface area contributed by atoms with Crippen molar-refractivity contribution in [2.75, 3.05) is 11.9 Å². The molecule has 6 nitrogen and oxygen atoms in total. The first kappa shape index (κ1) is 16.3. The van der Waals surface area contributed by atoms with Crippen LogP contribution in [0.15, 0.2) is 24.3 Å². The lowest BCUT2D eigenvalue weighted by molar-refractivity contribution is -0.119. The maximum absolute atomic E-state index is 12.6. The first-order chi connectivity index (χ1) is 11.2. The maximum Gasteiger partial charge on any atom is 0.232 e. The van der Waals surface area contributed by atoms with E-state index >= 15 is 0 Å². The fourth-order valence-corrected chi connectivity index (χ4v) is 3.51. The van der Waals surface area contributed by atoms with Gasteiger partial charge < -0.3 is 5.32 Å². The molecule has 23 heavy (non-hydrogen) atoms. The first-order valence-corrected chi connectivity index (χ1v) is 8.74. The Hall–Kier alpha value is -1.54. The minimum atomic E-state index is -0.227. The van der Waals surface area contributed by atoms with Gasteiger partial charge in [-0.3, -0.25) is 10.2 Å². The van der Waals surface area contributed by atoms with Crippen LogP contribution in [0.4, 0.5) is 5.13 Å². The van der Waals surface area contributed by atoms with E-state index in [1.165, 1.54) is 11.3 Å². The Labute approximate surface area is 143 Å². The summed E-state index contributed by atoms with van der Waals surface area (Å²) in [6, 6.07) is 7.41. The van der Waals surface area contributed by atoms with Crippen molar-refractivity contribution in [3.05, 3.63) is 39.9 Å². The second-order valence-electron chi connectivity index (χ2n) is 5.40. The Morgan fingerprint density at radius 1 is 1.39 bits per heavy atom. The summed E-state index contributed by atoms with van der Waals surface area (Å²) < 4.78 is 0. The van der Waals surface area contributed by atoms with Gasteiger partial charge in [0.05, 0.1) is 12.0 Å². The minimum Gasteiger partial charge on any atom is -0.300 e. The minimum absolute atomic E-state index is 0.0679. The van der Waals surface area contributed by atoms with Crippen molar-refractivity contribution in [2.24, 2.45) is 5.92 Å². The molecule has 2 atom stereocenters. The molecule has 1 aliphatic heterocycles. The third-order valence-corrected chi connectivity index (χ3v) is 4.86. The zero-order chi connectivity index (χ0) is 16.2. The van der Waals surface area contributed by atoms with Crippen LogP contribution in [0.25, 0.3) is 0 Å². The van der Waals surface area contributed by atoms with Crippen LogP contribution in [0.5, 0.6) is 0 Å². The molecule has 2 unspecified atom stereocenters. The van der Waals surface area contributed by atoms with Crippen molar-refractivity contribution in [1.82, 2.24) is 21.0 Å². The number of carbonyl (C=O) groups is 1. The van der Waals surface area contributed by atoms with Gasteiger partial charge in [0.15, 0.2) is 0 Å². The molecule has 1 fully saturated rings. The normalized spacial score (nSPS) is 20.6. The molecule has 1 aliphatic rings. The van der Waals surface area contributed by atoms with Crippen LogP contribution in [0.3, 0.4) is 0 Å². The number of hydrazine groups is 1. The van der Waals surface area contributed by atoms with E-state index in [0.717, 1.165) is 23.4 Å². The van der Waals surface area contributed by atoms with Crippen molar-refractivity contribution in [2.45, 2.75) is 25.8 Å². The van der Waals surface area contributed by atoms with Crippen LogP contribution in [0.2, 0.25) is 5.02 Å². The van der Waals surface area contributed by atoms with E-state index in [1.807, 2.05) is 24.3 Å². The predicted octanol–water partition coefficient (Wildman–Crippen LogP) is 2.55. The van der Waals surface area contributed by atoms with E-state index in [2.05, 4.69) is 33.3 Å². The van der Waals surface area contributed by atoms with Crippen molar-refractivity contribution in [3.63, 3.8) is 0 Å². The van der Waals surface area contributed by atoms with Gasteiger partial charge in [-0.05, 0) is 24.1 Å². The number of aromatic nitrogens is 2. The lowest BCUT2D eigenvalue weighted by Gasteiger charge is -2.17. The zero-order valence-electron chi connectivity index (χ0n) is 12.7. The van der Waals surface area contributed by atoms with Crippen LogP contribution >= 0.6 is 22.9 Å². The van der Waals surface area contributed by atoms with E-state index in [-0.39, 0.29) is 17.9 Å². The molecule has 1 amide bonds. The number of hydrogen-bond donors (Lipinski definition) is 3. The standard InChI is InChI=1S/C15H18ClN5OS/c1-2-3-12-19-21-15(23-12)18-14(22)11-8-17-20-13(11)9-4-6-10(16)7-5-9/h4-7,11,13,17,20H,2-3,8H2,1H3,(H,18,21,22). The van der Waals surface area contributed by atoms with E-state index in [9.17, 15) is 4.79 Å². The van der Waals surface area contributed by atoms with Crippen molar-refractivity contribution in [1.29, 1.82) is 0 Å². The third kappa shape index (κ3) is 3.87. The first-order valence-electron chi connectivity index (χ1n) is 7.54. The molecule has 0 bridgehead atoms. The largest absolute Gasteiger partial charge is 0.300 e. The van der Waals surface area contributed by atoms with Gasteiger partial charge in [-0.15, -0.1) is 10.2 Å². The van der Waals surface area contributed by atoms with E-state index in [0.29, 0.717) is 16.7 Å². The van der Waals surface area contributed by atoms with Gasteiger partial charge in [0.1, 0.15) is 5.01 Å². The summed E-state index contributed by atoms with van der Waals surface area (Å²) in [6.07, 6.45) is 1.89. The summed E-state index contributed by atoms with van der Waals surface area (Å²) in [6.45, 7) is 2.64. The van der Waals surface area contributed by atoms with E-state index in [1.54, 1.807) is 0 Å². The fourth-order valence-electron chi connectivity index (χ4n) is 2.54. The van der Waals surface area contributed by atoms with Crippen LogP contribution in [0.1, 0.15) is 30.0 Å². The molecule has 0 spiro atoms. The van der Waals surface area contributed by atoms with Gasteiger partial charge >= 0.3 is 0 Å². The number of anilines is 1. The van der Waals surface area contributed by atoms with Crippen molar-refractivity contribution < 1.29 is 4.79 Å². The van der Waals surface area contributed by atoms with Gasteiger partial charge in [0.2, 0.25) is 11.0 Å². The summed E-state index contributed by atoms with van der Waals surface area (Å²) in [7, 11) is 0. The number of amides is 1. The van der Waals surface area contributed by atoms with Gasteiger partial charge in [0.25, 0.3) is 0 Å². The Kier molecular flexibility index (Phi) is 5.22. The fraction of sp³-hybridized carbons (Fsp3) is 0.400. The third-order valence-electron chi connectivity index (χ3n) is 3.71. The number of hydrogen-bond acceptors (Lipinski definition) is 6. The molecule has 3 rings (SSSR count). The van der Waals surface area contributed by atoms with Gasteiger partial charge in [-0.1, -0.05) is 42.0 Å². The molecule has 0 aliphatic carbocycles. The molecule has 8 heteroatoms. The second kappa shape index (κ2) is 7.35.